The molecule has 0 saturated carbocycles. The van der Waals surface area contributed by atoms with Gasteiger partial charge in [0.05, 0.1) is 24.4 Å². The van der Waals surface area contributed by atoms with E-state index in [2.05, 4.69) is 32.6 Å². The van der Waals surface area contributed by atoms with Gasteiger partial charge in [-0.3, -0.25) is 4.57 Å². The van der Waals surface area contributed by atoms with Gasteiger partial charge in [0, 0.05) is 18.1 Å². The molecule has 39 heavy (non-hydrogen) atoms. The smallest absolute Gasteiger partial charge is 0.351 e. The van der Waals surface area contributed by atoms with E-state index in [1.165, 1.54) is 4.68 Å². The predicted octanol–water partition coefficient (Wildman–Crippen LogP) is 4.85. The van der Waals surface area contributed by atoms with E-state index in [1.807, 2.05) is 48.5 Å². The average molecular weight is 546 g/mol. The summed E-state index contributed by atoms with van der Waals surface area (Å²) in [5.41, 5.74) is 3.14. The van der Waals surface area contributed by atoms with E-state index in [4.69, 9.17) is 21.1 Å². The van der Waals surface area contributed by atoms with Crippen molar-refractivity contribution < 1.29 is 9.47 Å². The van der Waals surface area contributed by atoms with Crippen LogP contribution in [0.25, 0.3) is 17.1 Å². The number of H-pyrrole nitrogens is 1. The first-order valence-electron chi connectivity index (χ1n) is 12.6. The monoisotopic (exact) mass is 545 g/mol. The van der Waals surface area contributed by atoms with Gasteiger partial charge >= 0.3 is 5.69 Å². The van der Waals surface area contributed by atoms with Crippen LogP contribution in [-0.2, 0) is 19.6 Å². The highest BCUT2D eigenvalue weighted by molar-refractivity contribution is 6.32. The number of nitrogens with zero attached hydrogens (tertiary/aromatic N) is 6. The molecule has 10 nitrogen and oxygen atoms in total. The quantitative estimate of drug-likeness (QED) is 0.252. The minimum absolute atomic E-state index is 0.238. The standard InChI is InChI=1S/C28H28ClN7O3/c1-3-4-5-26-32-36(25-15-14-23(38-2)16-24(25)29)28(37)35(26)17-19-8-12-22(13-9-19)39-18-20-6-10-21(11-7-20)27-30-33-34-31-27/h6-16H,3-5,17-18H2,1-2H3,(H,30,31,33,34). The van der Waals surface area contributed by atoms with E-state index in [0.29, 0.717) is 41.9 Å². The SMILES string of the molecule is CCCCc1nn(-c2ccc(OC)cc2Cl)c(=O)n1Cc1ccc(OCc2ccc(-c3nn[nH]n3)cc2)cc1. The third kappa shape index (κ3) is 6.01. The molecule has 1 N–H and O–H groups in total. The second-order valence-corrected chi connectivity index (χ2v) is 9.39. The number of halogens is 1. The minimum Gasteiger partial charge on any atom is -0.497 e. The molecule has 5 aromatic rings. The van der Waals surface area contributed by atoms with Crippen molar-refractivity contribution in [1.82, 2.24) is 35.0 Å². The summed E-state index contributed by atoms with van der Waals surface area (Å²) >= 11 is 6.45. The highest BCUT2D eigenvalue weighted by Gasteiger charge is 2.17. The highest BCUT2D eigenvalue weighted by atomic mass is 35.5. The van der Waals surface area contributed by atoms with Crippen LogP contribution in [0.1, 0.15) is 36.7 Å². The number of hydrogen-bond acceptors (Lipinski definition) is 7. The van der Waals surface area contributed by atoms with Gasteiger partial charge in [0.1, 0.15) is 23.9 Å². The summed E-state index contributed by atoms with van der Waals surface area (Å²) in [5.74, 6) is 2.62. The molecule has 2 heterocycles. The van der Waals surface area contributed by atoms with Gasteiger partial charge in [-0.05, 0) is 47.0 Å². The zero-order valence-electron chi connectivity index (χ0n) is 21.7. The Kier molecular flexibility index (Phi) is 8.02. The van der Waals surface area contributed by atoms with E-state index >= 15 is 0 Å². The summed E-state index contributed by atoms with van der Waals surface area (Å²) in [6.45, 7) is 2.92. The number of methoxy groups -OCH3 is 1. The van der Waals surface area contributed by atoms with Crippen LogP contribution in [-0.4, -0.2) is 42.1 Å². The Morgan fingerprint density at radius 1 is 0.974 bits per heavy atom. The lowest BCUT2D eigenvalue weighted by molar-refractivity contribution is 0.306. The number of hydrogen-bond donors (Lipinski definition) is 1. The van der Waals surface area contributed by atoms with Gasteiger partial charge in [-0.2, -0.15) is 9.90 Å². The molecule has 3 aromatic carbocycles. The molecule has 0 aliphatic carbocycles. The van der Waals surface area contributed by atoms with Crippen molar-refractivity contribution in [2.45, 2.75) is 39.3 Å². The second kappa shape index (κ2) is 12.0. The van der Waals surface area contributed by atoms with Crippen molar-refractivity contribution in [2.75, 3.05) is 7.11 Å². The molecule has 5 rings (SSSR count). The topological polar surface area (TPSA) is 113 Å². The first-order chi connectivity index (χ1) is 19.1. The van der Waals surface area contributed by atoms with E-state index in [-0.39, 0.29) is 5.69 Å². The first kappa shape index (κ1) is 26.2. The Bertz CT molecular complexity index is 1580. The van der Waals surface area contributed by atoms with Crippen LogP contribution in [0.2, 0.25) is 5.02 Å². The van der Waals surface area contributed by atoms with E-state index in [9.17, 15) is 4.79 Å². The van der Waals surface area contributed by atoms with Crippen molar-refractivity contribution >= 4 is 11.6 Å². The average Bonchev–Trinajstić information content (AvgIpc) is 3.61. The first-order valence-corrected chi connectivity index (χ1v) is 13.0. The maximum atomic E-state index is 13.4. The fraction of sp³-hybridized carbons (Fsp3) is 0.250. The molecule has 11 heteroatoms. The molecule has 0 saturated heterocycles. The summed E-state index contributed by atoms with van der Waals surface area (Å²) in [7, 11) is 1.57. The van der Waals surface area contributed by atoms with Crippen molar-refractivity contribution in [1.29, 1.82) is 0 Å². The van der Waals surface area contributed by atoms with Gasteiger partial charge in [0.2, 0.25) is 5.82 Å². The number of rotatable bonds is 11. The Labute approximate surface area is 230 Å². The summed E-state index contributed by atoms with van der Waals surface area (Å²) < 4.78 is 14.3. The number of ether oxygens (including phenoxy) is 2. The van der Waals surface area contributed by atoms with Gasteiger partial charge in [0.25, 0.3) is 0 Å². The van der Waals surface area contributed by atoms with E-state index in [1.54, 1.807) is 29.9 Å². The van der Waals surface area contributed by atoms with E-state index in [0.717, 1.165) is 41.1 Å². The van der Waals surface area contributed by atoms with Crippen molar-refractivity contribution in [3.05, 3.63) is 99.2 Å². The van der Waals surface area contributed by atoms with Crippen molar-refractivity contribution in [3.8, 4) is 28.6 Å². The number of unbranched alkanes of at least 4 members (excludes halogenated alkanes) is 1. The molecule has 0 spiro atoms. The number of aromatic nitrogens is 7. The number of aromatic amines is 1. The normalized spacial score (nSPS) is 11.1. The van der Waals surface area contributed by atoms with Gasteiger partial charge in [-0.1, -0.05) is 61.3 Å². The Hall–Kier alpha value is -4.44. The lowest BCUT2D eigenvalue weighted by Gasteiger charge is -2.09. The van der Waals surface area contributed by atoms with Gasteiger partial charge < -0.3 is 9.47 Å². The molecule has 0 unspecified atom stereocenters. The zero-order valence-corrected chi connectivity index (χ0v) is 22.4. The van der Waals surface area contributed by atoms with Crippen LogP contribution in [0.4, 0.5) is 0 Å². The molecule has 0 radical (unpaired) electrons. The third-order valence-electron chi connectivity index (χ3n) is 6.30. The molecule has 200 valence electrons. The summed E-state index contributed by atoms with van der Waals surface area (Å²) in [4.78, 5) is 13.4. The summed E-state index contributed by atoms with van der Waals surface area (Å²) in [6.07, 6.45) is 2.62. The fourth-order valence-corrected chi connectivity index (χ4v) is 4.38. The molecular formula is C28H28ClN7O3. The summed E-state index contributed by atoms with van der Waals surface area (Å²) in [5, 5.41) is 19.0. The van der Waals surface area contributed by atoms with Crippen molar-refractivity contribution in [3.63, 3.8) is 0 Å². The maximum absolute atomic E-state index is 13.4. The third-order valence-corrected chi connectivity index (χ3v) is 6.61. The lowest BCUT2D eigenvalue weighted by Crippen LogP contribution is -2.25. The Morgan fingerprint density at radius 2 is 1.72 bits per heavy atom. The molecule has 0 aliphatic heterocycles. The van der Waals surface area contributed by atoms with Crippen molar-refractivity contribution in [2.24, 2.45) is 0 Å². The van der Waals surface area contributed by atoms with Crippen LogP contribution < -0.4 is 15.2 Å². The number of tetrazole rings is 1. The van der Waals surface area contributed by atoms with Crippen LogP contribution in [0.3, 0.4) is 0 Å². The molecule has 0 fully saturated rings. The minimum atomic E-state index is -0.238. The Morgan fingerprint density at radius 3 is 2.38 bits per heavy atom. The lowest BCUT2D eigenvalue weighted by atomic mass is 10.1. The summed E-state index contributed by atoms with van der Waals surface area (Å²) in [6, 6.07) is 20.7. The second-order valence-electron chi connectivity index (χ2n) is 8.98. The molecule has 0 bridgehead atoms. The number of benzene rings is 3. The van der Waals surface area contributed by atoms with Crippen LogP contribution >= 0.6 is 11.6 Å². The number of nitrogens with one attached hydrogen (secondary N) is 1. The van der Waals surface area contributed by atoms with Crippen LogP contribution in [0.5, 0.6) is 11.5 Å². The van der Waals surface area contributed by atoms with Gasteiger partial charge in [0.15, 0.2) is 0 Å². The van der Waals surface area contributed by atoms with E-state index < -0.39 is 0 Å². The maximum Gasteiger partial charge on any atom is 0.351 e. The largest absolute Gasteiger partial charge is 0.497 e. The molecule has 0 atom stereocenters. The Balaban J connectivity index is 1.29. The number of aryl methyl sites for hydroxylation is 1. The zero-order chi connectivity index (χ0) is 27.2. The van der Waals surface area contributed by atoms with Gasteiger partial charge in [-0.15, -0.1) is 15.3 Å². The van der Waals surface area contributed by atoms with Gasteiger partial charge in [-0.25, -0.2) is 4.79 Å². The predicted molar refractivity (Wildman–Crippen MR) is 147 cm³/mol. The molecule has 0 amide bonds. The molecule has 0 aliphatic rings. The highest BCUT2D eigenvalue weighted by Crippen LogP contribution is 2.25. The fourth-order valence-electron chi connectivity index (χ4n) is 4.13. The molecular weight excluding hydrogens is 518 g/mol. The molecule has 2 aromatic heterocycles. The van der Waals surface area contributed by atoms with Crippen LogP contribution in [0, 0.1) is 0 Å². The van der Waals surface area contributed by atoms with Crippen LogP contribution in [0.15, 0.2) is 71.5 Å².